The van der Waals surface area contributed by atoms with Gasteiger partial charge in [-0.1, -0.05) is 0 Å². The molecule has 0 radical (unpaired) electrons. The zero-order chi connectivity index (χ0) is 20.4. The first kappa shape index (κ1) is 19.5. The van der Waals surface area contributed by atoms with Crippen molar-refractivity contribution in [2.45, 2.75) is 26.8 Å². The molecule has 1 fully saturated rings. The number of ether oxygens (including phenoxy) is 1. The van der Waals surface area contributed by atoms with Crippen molar-refractivity contribution in [3.05, 3.63) is 58.8 Å². The van der Waals surface area contributed by atoms with Gasteiger partial charge in [-0.3, -0.25) is 9.69 Å². The van der Waals surface area contributed by atoms with Gasteiger partial charge in [-0.25, -0.2) is 9.97 Å². The Morgan fingerprint density at radius 3 is 2.69 bits per heavy atom. The van der Waals surface area contributed by atoms with E-state index in [1.54, 1.807) is 0 Å². The third-order valence-electron chi connectivity index (χ3n) is 5.68. The number of fused-ring (bicyclic) bond motifs is 1. The first-order chi connectivity index (χ1) is 14.0. The van der Waals surface area contributed by atoms with Crippen molar-refractivity contribution in [1.29, 1.82) is 0 Å². The van der Waals surface area contributed by atoms with Crippen molar-refractivity contribution in [2.24, 2.45) is 0 Å². The van der Waals surface area contributed by atoms with E-state index in [0.29, 0.717) is 19.8 Å². The largest absolute Gasteiger partial charge is 0.379 e. The number of hydrogen-bond acceptors (Lipinski definition) is 5. The van der Waals surface area contributed by atoms with E-state index in [4.69, 9.17) is 4.74 Å². The van der Waals surface area contributed by atoms with Gasteiger partial charge >= 0.3 is 0 Å². The van der Waals surface area contributed by atoms with Gasteiger partial charge in [0.05, 0.1) is 19.3 Å². The average molecular weight is 393 g/mol. The fourth-order valence-electron chi connectivity index (χ4n) is 3.99. The van der Waals surface area contributed by atoms with Crippen molar-refractivity contribution < 1.29 is 9.53 Å². The first-order valence-corrected chi connectivity index (χ1v) is 10.0. The molecule has 1 unspecified atom stereocenters. The van der Waals surface area contributed by atoms with Crippen LogP contribution in [0.3, 0.4) is 0 Å². The number of nitrogens with zero attached hydrogens (tertiary/aromatic N) is 3. The van der Waals surface area contributed by atoms with Gasteiger partial charge in [0.2, 0.25) is 0 Å². The average Bonchev–Trinajstić information content (AvgIpc) is 3.24. The number of morpholine rings is 1. The number of aromatic amines is 1. The van der Waals surface area contributed by atoms with Crippen molar-refractivity contribution in [3.8, 4) is 0 Å². The molecule has 4 rings (SSSR count). The van der Waals surface area contributed by atoms with Gasteiger partial charge in [-0.2, -0.15) is 0 Å². The van der Waals surface area contributed by atoms with Gasteiger partial charge in [-0.15, -0.1) is 0 Å². The van der Waals surface area contributed by atoms with Crippen LogP contribution in [-0.2, 0) is 4.74 Å². The van der Waals surface area contributed by atoms with E-state index in [0.717, 1.165) is 52.1 Å². The Morgan fingerprint density at radius 2 is 1.97 bits per heavy atom. The summed E-state index contributed by atoms with van der Waals surface area (Å²) in [6, 6.07) is 4.00. The van der Waals surface area contributed by atoms with Crippen LogP contribution < -0.4 is 5.32 Å². The standard InChI is InChI=1S/C22H27N5O2/c1-14-10-19(15(2)18-4-5-23-21(14)18)22(28)26-13-20(27-6-8-29-9-7-27)17-11-24-16(3)25-12-17/h4-5,10-12,20,23H,6-9,13H2,1-3H3,(H,26,28). The first-order valence-electron chi connectivity index (χ1n) is 10.0. The van der Waals surface area contributed by atoms with Crippen LogP contribution in [0.4, 0.5) is 0 Å². The van der Waals surface area contributed by atoms with Crippen molar-refractivity contribution in [2.75, 3.05) is 32.8 Å². The van der Waals surface area contributed by atoms with Gasteiger partial charge in [-0.05, 0) is 44.0 Å². The van der Waals surface area contributed by atoms with Crippen LogP contribution in [0.1, 0.15) is 38.9 Å². The Bertz CT molecular complexity index is 1010. The molecule has 1 amide bonds. The Hall–Kier alpha value is -2.77. The number of benzene rings is 1. The number of carbonyl (C=O) groups excluding carboxylic acids is 1. The molecule has 152 valence electrons. The Balaban J connectivity index is 1.56. The molecule has 2 aromatic heterocycles. The summed E-state index contributed by atoms with van der Waals surface area (Å²) in [6.07, 6.45) is 5.63. The highest BCUT2D eigenvalue weighted by molar-refractivity contribution is 6.01. The Morgan fingerprint density at radius 1 is 1.24 bits per heavy atom. The van der Waals surface area contributed by atoms with Crippen LogP contribution in [-0.4, -0.2) is 58.6 Å². The highest BCUT2D eigenvalue weighted by atomic mass is 16.5. The molecule has 3 aromatic rings. The number of aromatic nitrogens is 3. The maximum Gasteiger partial charge on any atom is 0.251 e. The maximum atomic E-state index is 13.1. The normalized spacial score (nSPS) is 16.1. The van der Waals surface area contributed by atoms with Crippen LogP contribution in [0.5, 0.6) is 0 Å². The monoisotopic (exact) mass is 393 g/mol. The number of rotatable bonds is 5. The van der Waals surface area contributed by atoms with E-state index in [2.05, 4.69) is 25.2 Å². The van der Waals surface area contributed by atoms with E-state index in [9.17, 15) is 4.79 Å². The van der Waals surface area contributed by atoms with Crippen LogP contribution in [0, 0.1) is 20.8 Å². The molecule has 1 saturated heterocycles. The SMILES string of the molecule is Cc1ncc(C(CNC(=O)c2cc(C)c3[nH]ccc3c2C)N2CCOCC2)cn1. The summed E-state index contributed by atoms with van der Waals surface area (Å²) in [6.45, 7) is 9.42. The summed E-state index contributed by atoms with van der Waals surface area (Å²) in [7, 11) is 0. The summed E-state index contributed by atoms with van der Waals surface area (Å²) in [4.78, 5) is 27.3. The van der Waals surface area contributed by atoms with Crippen molar-refractivity contribution >= 4 is 16.8 Å². The third-order valence-corrected chi connectivity index (χ3v) is 5.68. The molecule has 7 heteroatoms. The molecule has 1 aromatic carbocycles. The quantitative estimate of drug-likeness (QED) is 0.696. The molecule has 0 spiro atoms. The molecular formula is C22H27N5O2. The van der Waals surface area contributed by atoms with E-state index in [-0.39, 0.29) is 11.9 Å². The van der Waals surface area contributed by atoms with Crippen molar-refractivity contribution in [3.63, 3.8) is 0 Å². The van der Waals surface area contributed by atoms with Crippen LogP contribution in [0.25, 0.3) is 10.9 Å². The molecule has 7 nitrogen and oxygen atoms in total. The number of amides is 1. The minimum Gasteiger partial charge on any atom is -0.379 e. The predicted molar refractivity (Wildman–Crippen MR) is 112 cm³/mol. The lowest BCUT2D eigenvalue weighted by molar-refractivity contribution is 0.0161. The molecular weight excluding hydrogens is 366 g/mol. The van der Waals surface area contributed by atoms with E-state index >= 15 is 0 Å². The van der Waals surface area contributed by atoms with Crippen LogP contribution in [0.2, 0.25) is 0 Å². The molecule has 1 aliphatic heterocycles. The van der Waals surface area contributed by atoms with E-state index in [1.807, 2.05) is 51.5 Å². The molecule has 0 aliphatic carbocycles. The fourth-order valence-corrected chi connectivity index (χ4v) is 3.99. The Kier molecular flexibility index (Phi) is 5.60. The Labute approximate surface area is 170 Å². The number of aryl methyl sites for hydroxylation is 3. The third kappa shape index (κ3) is 4.02. The maximum absolute atomic E-state index is 13.1. The minimum absolute atomic E-state index is 0.0147. The number of H-pyrrole nitrogens is 1. The molecule has 0 bridgehead atoms. The predicted octanol–water partition coefficient (Wildman–Crippen LogP) is 2.69. The van der Waals surface area contributed by atoms with E-state index in [1.165, 1.54) is 0 Å². The molecule has 3 heterocycles. The smallest absolute Gasteiger partial charge is 0.251 e. The fraction of sp³-hybridized carbons (Fsp3) is 0.409. The van der Waals surface area contributed by atoms with Crippen LogP contribution in [0.15, 0.2) is 30.7 Å². The zero-order valence-electron chi connectivity index (χ0n) is 17.2. The second-order valence-electron chi connectivity index (χ2n) is 7.57. The minimum atomic E-state index is -0.0556. The topological polar surface area (TPSA) is 83.1 Å². The summed E-state index contributed by atoms with van der Waals surface area (Å²) in [5.41, 5.74) is 4.87. The van der Waals surface area contributed by atoms with Gasteiger partial charge in [0, 0.05) is 60.3 Å². The second kappa shape index (κ2) is 8.31. The summed E-state index contributed by atoms with van der Waals surface area (Å²) in [5.74, 6) is 0.685. The summed E-state index contributed by atoms with van der Waals surface area (Å²) < 4.78 is 5.50. The van der Waals surface area contributed by atoms with Gasteiger partial charge in [0.25, 0.3) is 5.91 Å². The number of nitrogens with one attached hydrogen (secondary N) is 2. The molecule has 1 aliphatic rings. The molecule has 0 saturated carbocycles. The lowest BCUT2D eigenvalue weighted by Crippen LogP contribution is -2.44. The zero-order valence-corrected chi connectivity index (χ0v) is 17.2. The van der Waals surface area contributed by atoms with Gasteiger partial charge in [0.15, 0.2) is 0 Å². The lowest BCUT2D eigenvalue weighted by atomic mass is 10.00. The number of carbonyl (C=O) groups is 1. The molecule has 29 heavy (non-hydrogen) atoms. The number of hydrogen-bond donors (Lipinski definition) is 2. The summed E-state index contributed by atoms with van der Waals surface area (Å²) >= 11 is 0. The van der Waals surface area contributed by atoms with E-state index < -0.39 is 0 Å². The highest BCUT2D eigenvalue weighted by Crippen LogP contribution is 2.25. The second-order valence-corrected chi connectivity index (χ2v) is 7.57. The van der Waals surface area contributed by atoms with Crippen LogP contribution >= 0.6 is 0 Å². The summed E-state index contributed by atoms with van der Waals surface area (Å²) in [5, 5.41) is 4.24. The molecule has 2 N–H and O–H groups in total. The van der Waals surface area contributed by atoms with Crippen molar-refractivity contribution in [1.82, 2.24) is 25.2 Å². The highest BCUT2D eigenvalue weighted by Gasteiger charge is 2.24. The lowest BCUT2D eigenvalue weighted by Gasteiger charge is -2.34. The van der Waals surface area contributed by atoms with Gasteiger partial charge in [0.1, 0.15) is 5.82 Å². The van der Waals surface area contributed by atoms with Gasteiger partial charge < -0.3 is 15.0 Å². The molecule has 1 atom stereocenters.